The van der Waals surface area contributed by atoms with Crippen LogP contribution in [0, 0.1) is 5.41 Å². The number of fused-ring (bicyclic) bond motifs is 1. The highest BCUT2D eigenvalue weighted by Crippen LogP contribution is 2.26. The van der Waals surface area contributed by atoms with E-state index >= 15 is 0 Å². The summed E-state index contributed by atoms with van der Waals surface area (Å²) in [7, 11) is 0.617. The molecule has 0 aliphatic carbocycles. The molecule has 0 saturated carbocycles. The second-order valence-electron chi connectivity index (χ2n) is 8.91. The Labute approximate surface area is 230 Å². The highest BCUT2D eigenvalue weighted by atomic mass is 35.5. The molecule has 2 heterocycles. The molecule has 1 fully saturated rings. The highest BCUT2D eigenvalue weighted by molar-refractivity contribution is 7.85. The first-order chi connectivity index (χ1) is 17.9. The van der Waals surface area contributed by atoms with Gasteiger partial charge in [0, 0.05) is 65.2 Å². The summed E-state index contributed by atoms with van der Waals surface area (Å²) in [6, 6.07) is 12.8. The zero-order chi connectivity index (χ0) is 26.4. The molecular formula is C26H33ClN6O4S. The lowest BCUT2D eigenvalue weighted by atomic mass is 10.1. The number of nitrogens with two attached hydrogens (primary N) is 1. The minimum atomic E-state index is -0.697. The molecule has 4 N–H and O–H groups in total. The Balaban J connectivity index is 0.00000400. The van der Waals surface area contributed by atoms with Gasteiger partial charge in [0.2, 0.25) is 0 Å². The van der Waals surface area contributed by atoms with Crippen LogP contribution in [0.5, 0.6) is 0 Å². The highest BCUT2D eigenvalue weighted by Gasteiger charge is 2.18. The maximum absolute atomic E-state index is 12.6. The van der Waals surface area contributed by atoms with Crippen LogP contribution in [0.2, 0.25) is 0 Å². The molecule has 38 heavy (non-hydrogen) atoms. The Morgan fingerprint density at radius 1 is 1.11 bits per heavy atom. The van der Waals surface area contributed by atoms with Crippen molar-refractivity contribution in [3.63, 3.8) is 0 Å². The van der Waals surface area contributed by atoms with E-state index in [0.717, 1.165) is 61.0 Å². The number of amides is 1. The van der Waals surface area contributed by atoms with Gasteiger partial charge in [-0.25, -0.2) is 4.98 Å². The monoisotopic (exact) mass is 560 g/mol. The van der Waals surface area contributed by atoms with Gasteiger partial charge in [0.25, 0.3) is 5.91 Å². The van der Waals surface area contributed by atoms with E-state index in [1.54, 1.807) is 24.3 Å². The van der Waals surface area contributed by atoms with Gasteiger partial charge in [-0.05, 0) is 31.2 Å². The maximum atomic E-state index is 12.6. The molecule has 2 aromatic carbocycles. The number of esters is 1. The molecule has 1 saturated heterocycles. The number of hydrogen-bond donors (Lipinski definition) is 3. The van der Waals surface area contributed by atoms with E-state index in [1.165, 1.54) is 7.11 Å². The maximum Gasteiger partial charge on any atom is 0.307 e. The Hall–Kier alpha value is -3.28. The van der Waals surface area contributed by atoms with Crippen LogP contribution in [0.3, 0.4) is 0 Å². The zero-order valence-electron chi connectivity index (χ0n) is 21.3. The number of halogens is 1. The number of imidazole rings is 1. The van der Waals surface area contributed by atoms with Crippen LogP contribution in [0.15, 0.2) is 42.5 Å². The fourth-order valence-corrected chi connectivity index (χ4v) is 5.48. The van der Waals surface area contributed by atoms with Crippen LogP contribution in [-0.2, 0) is 26.9 Å². The van der Waals surface area contributed by atoms with Gasteiger partial charge in [-0.3, -0.25) is 19.2 Å². The van der Waals surface area contributed by atoms with Crippen molar-refractivity contribution in [2.24, 2.45) is 5.73 Å². The average Bonchev–Trinajstić information content (AvgIpc) is 3.27. The topological polar surface area (TPSA) is 143 Å². The van der Waals surface area contributed by atoms with Crippen molar-refractivity contribution in [1.82, 2.24) is 19.8 Å². The standard InChI is InChI=1S/C26H32N6O4S.ClH/c1-36-23(33)9-10-29-26(34)20-7-8-22-21(17-20)30-25(19-5-3-18(4-6-19)24(27)28)32(22)12-2-11-31-13-15-37(35)16-14-31;/h3-8,17H,2,9-16H2,1H3,(H3,27,28)(H,29,34);1H. The summed E-state index contributed by atoms with van der Waals surface area (Å²) >= 11 is 0. The molecule has 1 aliphatic heterocycles. The van der Waals surface area contributed by atoms with E-state index in [0.29, 0.717) is 16.6 Å². The smallest absolute Gasteiger partial charge is 0.307 e. The molecule has 1 aliphatic rings. The minimum Gasteiger partial charge on any atom is -0.469 e. The van der Waals surface area contributed by atoms with Crippen LogP contribution in [0.4, 0.5) is 0 Å². The number of amidine groups is 1. The third-order valence-electron chi connectivity index (χ3n) is 6.43. The first kappa shape index (κ1) is 29.3. The molecule has 204 valence electrons. The largest absolute Gasteiger partial charge is 0.469 e. The lowest BCUT2D eigenvalue weighted by Crippen LogP contribution is -2.38. The Kier molecular flexibility index (Phi) is 10.4. The summed E-state index contributed by atoms with van der Waals surface area (Å²) in [5.41, 5.74) is 9.21. The van der Waals surface area contributed by atoms with Crippen molar-refractivity contribution in [2.45, 2.75) is 19.4 Å². The summed E-state index contributed by atoms with van der Waals surface area (Å²) < 4.78 is 18.4. The van der Waals surface area contributed by atoms with Crippen molar-refractivity contribution in [1.29, 1.82) is 5.41 Å². The summed E-state index contributed by atoms with van der Waals surface area (Å²) in [6.07, 6.45) is 0.999. The quantitative estimate of drug-likeness (QED) is 0.196. The Morgan fingerprint density at radius 2 is 1.79 bits per heavy atom. The number of benzene rings is 2. The van der Waals surface area contributed by atoms with Crippen molar-refractivity contribution in [3.8, 4) is 11.4 Å². The predicted octanol–water partition coefficient (Wildman–Crippen LogP) is 2.16. The summed E-state index contributed by atoms with van der Waals surface area (Å²) in [5, 5.41) is 10.4. The van der Waals surface area contributed by atoms with E-state index in [4.69, 9.17) is 16.1 Å². The van der Waals surface area contributed by atoms with Gasteiger partial charge in [-0.15, -0.1) is 12.4 Å². The molecule has 10 nitrogen and oxygen atoms in total. The predicted molar refractivity (Wildman–Crippen MR) is 151 cm³/mol. The lowest BCUT2D eigenvalue weighted by molar-refractivity contribution is -0.140. The number of carbonyl (C=O) groups excluding carboxylic acids is 2. The number of ether oxygens (including phenoxy) is 1. The second kappa shape index (κ2) is 13.5. The van der Waals surface area contributed by atoms with Crippen LogP contribution in [0.1, 0.15) is 28.8 Å². The number of nitrogens with one attached hydrogen (secondary N) is 2. The fourth-order valence-electron chi connectivity index (χ4n) is 4.35. The van der Waals surface area contributed by atoms with Gasteiger partial charge in [-0.1, -0.05) is 24.3 Å². The van der Waals surface area contributed by atoms with Crippen LogP contribution in [-0.4, -0.2) is 81.2 Å². The fraction of sp³-hybridized carbons (Fsp3) is 0.385. The van der Waals surface area contributed by atoms with E-state index < -0.39 is 10.8 Å². The van der Waals surface area contributed by atoms with Gasteiger partial charge in [0.15, 0.2) is 0 Å². The van der Waals surface area contributed by atoms with Gasteiger partial charge in [0.05, 0.1) is 24.6 Å². The number of carbonyl (C=O) groups is 2. The molecule has 0 radical (unpaired) electrons. The van der Waals surface area contributed by atoms with E-state index in [2.05, 4.69) is 19.5 Å². The number of nitrogens with zero attached hydrogens (tertiary/aromatic N) is 3. The van der Waals surface area contributed by atoms with Crippen molar-refractivity contribution in [3.05, 3.63) is 53.6 Å². The van der Waals surface area contributed by atoms with Crippen molar-refractivity contribution < 1.29 is 18.5 Å². The van der Waals surface area contributed by atoms with Crippen molar-refractivity contribution >= 4 is 52.0 Å². The van der Waals surface area contributed by atoms with Gasteiger partial charge in [0.1, 0.15) is 11.7 Å². The molecule has 0 spiro atoms. The average molecular weight is 561 g/mol. The number of rotatable bonds is 10. The molecular weight excluding hydrogens is 528 g/mol. The van der Waals surface area contributed by atoms with Crippen LogP contribution >= 0.6 is 12.4 Å². The molecule has 1 aromatic heterocycles. The molecule has 0 unspecified atom stereocenters. The normalized spacial score (nSPS) is 14.1. The third-order valence-corrected chi connectivity index (χ3v) is 7.71. The van der Waals surface area contributed by atoms with Crippen LogP contribution in [0.25, 0.3) is 22.4 Å². The van der Waals surface area contributed by atoms with E-state index in [9.17, 15) is 13.8 Å². The van der Waals surface area contributed by atoms with E-state index in [1.807, 2.05) is 18.2 Å². The lowest BCUT2D eigenvalue weighted by Gasteiger charge is -2.26. The summed E-state index contributed by atoms with van der Waals surface area (Å²) in [5.74, 6) is 1.57. The Bertz CT molecular complexity index is 1320. The SMILES string of the molecule is COC(=O)CCNC(=O)c1ccc2c(c1)nc(-c1ccc(C(=N)N)cc1)n2CCCN1CCS(=O)CC1.Cl. The van der Waals surface area contributed by atoms with Crippen LogP contribution < -0.4 is 11.1 Å². The molecule has 0 bridgehead atoms. The second-order valence-corrected chi connectivity index (χ2v) is 10.6. The molecule has 4 rings (SSSR count). The first-order valence-electron chi connectivity index (χ1n) is 12.2. The molecule has 1 amide bonds. The summed E-state index contributed by atoms with van der Waals surface area (Å²) in [4.78, 5) is 31.2. The van der Waals surface area contributed by atoms with Crippen molar-refractivity contribution in [2.75, 3.05) is 44.8 Å². The third kappa shape index (κ3) is 7.18. The van der Waals surface area contributed by atoms with Gasteiger partial charge in [-0.2, -0.15) is 0 Å². The van der Waals surface area contributed by atoms with Gasteiger partial charge < -0.3 is 25.3 Å². The molecule has 12 heteroatoms. The molecule has 3 aromatic rings. The molecule has 0 atom stereocenters. The Morgan fingerprint density at radius 3 is 2.45 bits per heavy atom. The van der Waals surface area contributed by atoms with Gasteiger partial charge >= 0.3 is 5.97 Å². The summed E-state index contributed by atoms with van der Waals surface area (Å²) in [6.45, 7) is 3.52. The number of aryl methyl sites for hydroxylation is 1. The first-order valence-corrected chi connectivity index (χ1v) is 13.7. The number of methoxy groups -OCH3 is 1. The number of nitrogen functional groups attached to an aromatic ring is 1. The number of hydrogen-bond acceptors (Lipinski definition) is 7. The van der Waals surface area contributed by atoms with E-state index in [-0.39, 0.29) is 43.1 Å². The zero-order valence-corrected chi connectivity index (χ0v) is 22.9. The number of aromatic nitrogens is 2. The minimum absolute atomic E-state index is 0.